The largest absolute Gasteiger partial charge is 0.496 e. The zero-order valence-corrected chi connectivity index (χ0v) is 9.63. The zero-order chi connectivity index (χ0) is 10.8. The molecule has 5 nitrogen and oxygen atoms in total. The van der Waals surface area contributed by atoms with Crippen LogP contribution in [0.25, 0.3) is 10.7 Å². The monoisotopic (exact) mass is 224 g/mol. The lowest BCUT2D eigenvalue weighted by Gasteiger charge is -2.00. The molecule has 0 aromatic carbocycles. The maximum absolute atomic E-state index is 5.13. The zero-order valence-electron chi connectivity index (χ0n) is 8.81. The number of anilines is 1. The summed E-state index contributed by atoms with van der Waals surface area (Å²) < 4.78 is 7.03. The fraction of sp³-hybridized carbons (Fsp3) is 0.333. The van der Waals surface area contributed by atoms with Crippen molar-refractivity contribution in [3.63, 3.8) is 0 Å². The molecule has 0 radical (unpaired) electrons. The predicted molar refractivity (Wildman–Crippen MR) is 60.4 cm³/mol. The highest BCUT2D eigenvalue weighted by molar-refractivity contribution is 7.13. The summed E-state index contributed by atoms with van der Waals surface area (Å²) >= 11 is 1.59. The van der Waals surface area contributed by atoms with Crippen LogP contribution >= 0.6 is 11.3 Å². The van der Waals surface area contributed by atoms with Crippen molar-refractivity contribution in [1.82, 2.24) is 14.8 Å². The van der Waals surface area contributed by atoms with Crippen LogP contribution in [0.5, 0.6) is 5.75 Å². The molecule has 0 spiro atoms. The third-order valence-electron chi connectivity index (χ3n) is 2.13. The average molecular weight is 224 g/mol. The molecular formula is C9H12N4OS. The summed E-state index contributed by atoms with van der Waals surface area (Å²) in [6, 6.07) is 1.95. The highest BCUT2D eigenvalue weighted by Crippen LogP contribution is 2.30. The van der Waals surface area contributed by atoms with Crippen LogP contribution in [-0.4, -0.2) is 28.9 Å². The summed E-state index contributed by atoms with van der Waals surface area (Å²) in [7, 11) is 5.40. The second kappa shape index (κ2) is 3.90. The number of aromatic nitrogens is 3. The fourth-order valence-electron chi connectivity index (χ4n) is 1.30. The predicted octanol–water partition coefficient (Wildman–Crippen LogP) is 1.59. The van der Waals surface area contributed by atoms with Crippen LogP contribution in [-0.2, 0) is 7.05 Å². The van der Waals surface area contributed by atoms with Gasteiger partial charge in [0.1, 0.15) is 5.75 Å². The van der Waals surface area contributed by atoms with Crippen LogP contribution in [0.2, 0.25) is 0 Å². The molecule has 0 aliphatic rings. The molecule has 80 valence electrons. The van der Waals surface area contributed by atoms with E-state index in [-0.39, 0.29) is 0 Å². The van der Waals surface area contributed by atoms with Crippen molar-refractivity contribution in [2.45, 2.75) is 0 Å². The minimum absolute atomic E-state index is 0.748. The van der Waals surface area contributed by atoms with Gasteiger partial charge in [-0.3, -0.25) is 4.57 Å². The first-order valence-corrected chi connectivity index (χ1v) is 5.34. The number of thiophene rings is 1. The van der Waals surface area contributed by atoms with E-state index in [1.165, 1.54) is 0 Å². The lowest BCUT2D eigenvalue weighted by Crippen LogP contribution is -1.99. The van der Waals surface area contributed by atoms with Crippen molar-refractivity contribution >= 4 is 17.3 Å². The van der Waals surface area contributed by atoms with Gasteiger partial charge in [-0.1, -0.05) is 0 Å². The number of hydrogen-bond donors (Lipinski definition) is 1. The quantitative estimate of drug-likeness (QED) is 0.860. The Morgan fingerprint density at radius 3 is 2.80 bits per heavy atom. The number of rotatable bonds is 3. The van der Waals surface area contributed by atoms with Crippen LogP contribution in [0.1, 0.15) is 0 Å². The molecule has 0 saturated carbocycles. The summed E-state index contributed by atoms with van der Waals surface area (Å²) in [5, 5.41) is 13.0. The highest BCUT2D eigenvalue weighted by atomic mass is 32.1. The summed E-state index contributed by atoms with van der Waals surface area (Å²) in [5.74, 6) is 2.44. The molecule has 0 saturated heterocycles. The number of methoxy groups -OCH3 is 1. The van der Waals surface area contributed by atoms with Gasteiger partial charge in [-0.25, -0.2) is 0 Å². The highest BCUT2D eigenvalue weighted by Gasteiger charge is 2.11. The van der Waals surface area contributed by atoms with E-state index < -0.39 is 0 Å². The van der Waals surface area contributed by atoms with E-state index in [9.17, 15) is 0 Å². The van der Waals surface area contributed by atoms with E-state index in [0.29, 0.717) is 0 Å². The molecule has 0 aliphatic heterocycles. The smallest absolute Gasteiger partial charge is 0.224 e. The third kappa shape index (κ3) is 1.68. The maximum Gasteiger partial charge on any atom is 0.224 e. The van der Waals surface area contributed by atoms with Crippen LogP contribution < -0.4 is 10.1 Å². The van der Waals surface area contributed by atoms with Gasteiger partial charge in [0.05, 0.1) is 12.0 Å². The minimum Gasteiger partial charge on any atom is -0.496 e. The summed E-state index contributed by atoms with van der Waals surface area (Å²) in [6.45, 7) is 0. The van der Waals surface area contributed by atoms with E-state index >= 15 is 0 Å². The second-order valence-corrected chi connectivity index (χ2v) is 3.92. The first-order chi connectivity index (χ1) is 7.26. The molecule has 0 aliphatic carbocycles. The standard InChI is InChI=1S/C9H12N4OS/c1-10-9-12-11-8(13(9)2)7-4-6(14-3)5-15-7/h4-5H,1-3H3,(H,10,12). The van der Waals surface area contributed by atoms with Crippen LogP contribution in [0, 0.1) is 0 Å². The Balaban J connectivity index is 2.40. The van der Waals surface area contributed by atoms with Gasteiger partial charge < -0.3 is 10.1 Å². The number of ether oxygens (including phenoxy) is 1. The SMILES string of the molecule is CNc1nnc(-c2cc(OC)cs2)n1C. The third-order valence-corrected chi connectivity index (χ3v) is 3.03. The molecule has 0 bridgehead atoms. The fourth-order valence-corrected chi connectivity index (χ4v) is 2.18. The Bertz CT molecular complexity index is 462. The van der Waals surface area contributed by atoms with Gasteiger partial charge in [-0.15, -0.1) is 21.5 Å². The number of nitrogens with one attached hydrogen (secondary N) is 1. The van der Waals surface area contributed by atoms with Crippen molar-refractivity contribution in [2.75, 3.05) is 19.5 Å². The first-order valence-electron chi connectivity index (χ1n) is 4.46. The lowest BCUT2D eigenvalue weighted by atomic mass is 10.4. The second-order valence-electron chi connectivity index (χ2n) is 3.01. The molecule has 1 N–H and O–H groups in total. The Labute approximate surface area is 91.7 Å². The van der Waals surface area contributed by atoms with Crippen molar-refractivity contribution in [2.24, 2.45) is 7.05 Å². The molecule has 0 amide bonds. The Morgan fingerprint density at radius 2 is 2.27 bits per heavy atom. The van der Waals surface area contributed by atoms with E-state index in [1.54, 1.807) is 18.4 Å². The van der Waals surface area contributed by atoms with Crippen molar-refractivity contribution in [1.29, 1.82) is 0 Å². The van der Waals surface area contributed by atoms with E-state index in [4.69, 9.17) is 4.74 Å². The summed E-state index contributed by atoms with van der Waals surface area (Å²) in [6.07, 6.45) is 0. The van der Waals surface area contributed by atoms with Crippen LogP contribution in [0.4, 0.5) is 5.95 Å². The van der Waals surface area contributed by atoms with E-state index in [0.717, 1.165) is 22.4 Å². The van der Waals surface area contributed by atoms with E-state index in [2.05, 4.69) is 15.5 Å². The molecule has 2 aromatic heterocycles. The molecule has 0 fully saturated rings. The number of hydrogen-bond acceptors (Lipinski definition) is 5. The van der Waals surface area contributed by atoms with Gasteiger partial charge in [-0.2, -0.15) is 0 Å². The molecule has 2 heterocycles. The molecule has 2 rings (SSSR count). The minimum atomic E-state index is 0.748. The van der Waals surface area contributed by atoms with Gasteiger partial charge in [0, 0.05) is 25.5 Å². The van der Waals surface area contributed by atoms with Crippen molar-refractivity contribution < 1.29 is 4.74 Å². The Morgan fingerprint density at radius 1 is 1.47 bits per heavy atom. The molecule has 0 atom stereocenters. The Hall–Kier alpha value is -1.56. The van der Waals surface area contributed by atoms with Crippen molar-refractivity contribution in [3.05, 3.63) is 11.4 Å². The van der Waals surface area contributed by atoms with Crippen LogP contribution in [0.15, 0.2) is 11.4 Å². The van der Waals surface area contributed by atoms with Gasteiger partial charge in [0.15, 0.2) is 5.82 Å². The van der Waals surface area contributed by atoms with Crippen molar-refractivity contribution in [3.8, 4) is 16.5 Å². The molecular weight excluding hydrogens is 212 g/mol. The van der Waals surface area contributed by atoms with Gasteiger partial charge in [-0.05, 0) is 0 Å². The molecule has 0 unspecified atom stereocenters. The Kier molecular flexibility index (Phi) is 2.59. The van der Waals surface area contributed by atoms with Gasteiger partial charge in [0.2, 0.25) is 5.95 Å². The topological polar surface area (TPSA) is 52.0 Å². The molecule has 2 aromatic rings. The molecule has 6 heteroatoms. The van der Waals surface area contributed by atoms with E-state index in [1.807, 2.05) is 30.1 Å². The van der Waals surface area contributed by atoms with Gasteiger partial charge >= 0.3 is 0 Å². The molecule has 15 heavy (non-hydrogen) atoms. The first kappa shape index (κ1) is 9.97. The summed E-state index contributed by atoms with van der Waals surface area (Å²) in [5.41, 5.74) is 0. The van der Waals surface area contributed by atoms with Crippen LogP contribution in [0.3, 0.4) is 0 Å². The normalized spacial score (nSPS) is 10.3. The summed E-state index contributed by atoms with van der Waals surface area (Å²) in [4.78, 5) is 1.04. The number of nitrogens with zero attached hydrogens (tertiary/aromatic N) is 3. The average Bonchev–Trinajstić information content (AvgIpc) is 2.83. The lowest BCUT2D eigenvalue weighted by molar-refractivity contribution is 0.417. The maximum atomic E-state index is 5.13. The van der Waals surface area contributed by atoms with Gasteiger partial charge in [0.25, 0.3) is 0 Å².